The van der Waals surface area contributed by atoms with E-state index in [1.807, 2.05) is 16.4 Å². The molecule has 0 bridgehead atoms. The van der Waals surface area contributed by atoms with Gasteiger partial charge in [0.05, 0.1) is 49.9 Å². The molecule has 0 amide bonds. The average Bonchev–Trinajstić information content (AvgIpc) is 3.73. The molecule has 1 saturated heterocycles. The highest BCUT2D eigenvalue weighted by Gasteiger charge is 2.43. The minimum absolute atomic E-state index is 0.145. The molecule has 0 N–H and O–H groups in total. The van der Waals surface area contributed by atoms with Crippen LogP contribution in [0.5, 0.6) is 11.5 Å². The Morgan fingerprint density at radius 3 is 2.28 bits per heavy atom. The number of rotatable bonds is 10. The van der Waals surface area contributed by atoms with E-state index >= 15 is 0 Å². The van der Waals surface area contributed by atoms with Crippen molar-refractivity contribution in [1.29, 1.82) is 0 Å². The van der Waals surface area contributed by atoms with Crippen LogP contribution < -0.4 is 9.47 Å². The van der Waals surface area contributed by atoms with Gasteiger partial charge in [-0.15, -0.1) is 0 Å². The van der Waals surface area contributed by atoms with Gasteiger partial charge in [-0.2, -0.15) is 0 Å². The van der Waals surface area contributed by atoms with Crippen molar-refractivity contribution in [1.82, 2.24) is 8.28 Å². The first-order chi connectivity index (χ1) is 22.3. The molecule has 2 aliphatic rings. The first-order valence-corrected chi connectivity index (χ1v) is 17.0. The Kier molecular flexibility index (Phi) is 11.2. The van der Waals surface area contributed by atoms with Gasteiger partial charge < -0.3 is 18.9 Å². The number of methoxy groups -OCH3 is 2. The highest BCUT2D eigenvalue weighted by atomic mass is 32.2. The van der Waals surface area contributed by atoms with Crippen LogP contribution in [0, 0.1) is 0 Å². The van der Waals surface area contributed by atoms with Gasteiger partial charge in [0.15, 0.2) is 16.8 Å². The predicted octanol–water partition coefficient (Wildman–Crippen LogP) is 6.96. The van der Waals surface area contributed by atoms with Gasteiger partial charge in [0.1, 0.15) is 22.5 Å². The van der Waals surface area contributed by atoms with E-state index in [1.54, 1.807) is 56.7 Å². The molecule has 6 rings (SSSR count). The van der Waals surface area contributed by atoms with Crippen molar-refractivity contribution in [3.05, 3.63) is 84.1 Å². The molecule has 8 nitrogen and oxygen atoms in total. The number of hydrogen-bond donors (Lipinski definition) is 0. The van der Waals surface area contributed by atoms with Crippen LogP contribution in [0.25, 0.3) is 10.9 Å². The fraction of sp³-hybridized carbons (Fsp3) is 0.394. The number of fused-ring (bicyclic) bond motifs is 1. The molecule has 2 unspecified atom stereocenters. The van der Waals surface area contributed by atoms with Gasteiger partial charge in [-0.1, -0.05) is 36.4 Å². The molecule has 3 aromatic carbocycles. The molecule has 1 aliphatic heterocycles. The number of ether oxygens (including phenoxy) is 4. The summed E-state index contributed by atoms with van der Waals surface area (Å²) in [6, 6.07) is 18.5. The molecule has 13 heteroatoms. The number of hydrogen-bond acceptors (Lipinski definition) is 6. The van der Waals surface area contributed by atoms with Gasteiger partial charge in [0, 0.05) is 54.2 Å². The number of nitrogens with zero attached hydrogens (tertiary/aromatic N) is 2. The standard InChI is InChI=1S/C32H34F2N2O6S2.CH3F/c1-39-24-12-11-22(28(19-24)40-2)20-35(23-13-15-32(16-14-23)41-17-18-42-32)44(38)29-21-36(43(37)25-7-4-3-5-8-25)27-10-6-9-26(30(27)29)31(33)34;1-2/h3-12,19,21,23,31H,13-18,20H2,1-2H3;1H3. The van der Waals surface area contributed by atoms with Crippen molar-refractivity contribution in [3.8, 4) is 11.5 Å². The zero-order valence-electron chi connectivity index (χ0n) is 25.8. The van der Waals surface area contributed by atoms with E-state index in [1.165, 1.54) is 22.3 Å². The Hall–Kier alpha value is -3.23. The summed E-state index contributed by atoms with van der Waals surface area (Å²) in [5.74, 6) is 0.538. The molecule has 1 saturated carbocycles. The van der Waals surface area contributed by atoms with Gasteiger partial charge >= 0.3 is 0 Å². The molecule has 1 spiro atoms. The second-order valence-electron chi connectivity index (χ2n) is 10.8. The van der Waals surface area contributed by atoms with Crippen molar-refractivity contribution in [2.45, 2.75) is 60.3 Å². The summed E-state index contributed by atoms with van der Waals surface area (Å²) in [6.07, 6.45) is 1.17. The van der Waals surface area contributed by atoms with Gasteiger partial charge in [-0.3, -0.25) is 8.36 Å². The number of benzene rings is 3. The average molecular weight is 679 g/mol. The Balaban J connectivity index is 0.00000204. The SMILES string of the molecule is CF.COc1ccc(CN(C2CCC3(CC2)OCCO3)S(=O)c2cn(S(=O)c3ccccc3)c3cccc(C(F)F)c23)c(OC)c1. The Morgan fingerprint density at radius 1 is 0.957 bits per heavy atom. The van der Waals surface area contributed by atoms with Crippen LogP contribution in [0.2, 0.25) is 0 Å². The topological polar surface area (TPSA) is 79.2 Å². The molecule has 2 fully saturated rings. The molecule has 0 radical (unpaired) electrons. The third-order valence-electron chi connectivity index (χ3n) is 8.31. The normalized spacial score (nSPS) is 17.7. The fourth-order valence-electron chi connectivity index (χ4n) is 6.07. The van der Waals surface area contributed by atoms with E-state index in [4.69, 9.17) is 18.9 Å². The smallest absolute Gasteiger partial charge is 0.264 e. The maximum absolute atomic E-state index is 14.8. The van der Waals surface area contributed by atoms with E-state index in [9.17, 15) is 21.6 Å². The van der Waals surface area contributed by atoms with Gasteiger partial charge in [-0.05, 0) is 37.1 Å². The van der Waals surface area contributed by atoms with Crippen LogP contribution in [-0.4, -0.2) is 63.1 Å². The zero-order chi connectivity index (χ0) is 32.8. The summed E-state index contributed by atoms with van der Waals surface area (Å²) in [4.78, 5) is 0.680. The minimum Gasteiger partial charge on any atom is -0.497 e. The van der Waals surface area contributed by atoms with E-state index in [0.717, 1.165) is 5.56 Å². The number of alkyl halides is 3. The van der Waals surface area contributed by atoms with Crippen LogP contribution in [0.3, 0.4) is 0 Å². The first-order valence-electron chi connectivity index (χ1n) is 14.8. The van der Waals surface area contributed by atoms with Crippen LogP contribution in [0.15, 0.2) is 82.7 Å². The van der Waals surface area contributed by atoms with Gasteiger partial charge in [0.25, 0.3) is 6.43 Å². The maximum atomic E-state index is 14.8. The maximum Gasteiger partial charge on any atom is 0.264 e. The zero-order valence-corrected chi connectivity index (χ0v) is 27.5. The van der Waals surface area contributed by atoms with E-state index in [-0.39, 0.29) is 28.4 Å². The largest absolute Gasteiger partial charge is 0.497 e. The monoisotopic (exact) mass is 678 g/mol. The van der Waals surface area contributed by atoms with Crippen molar-refractivity contribution < 1.29 is 40.5 Å². The Morgan fingerprint density at radius 2 is 1.65 bits per heavy atom. The second-order valence-corrected chi connectivity index (χ2v) is 13.5. The quantitative estimate of drug-likeness (QED) is 0.181. The third kappa shape index (κ3) is 6.89. The molecule has 46 heavy (non-hydrogen) atoms. The summed E-state index contributed by atoms with van der Waals surface area (Å²) in [7, 11) is -0.0626. The third-order valence-corrected chi connectivity index (χ3v) is 11.2. The van der Waals surface area contributed by atoms with E-state index in [0.29, 0.717) is 68.0 Å². The van der Waals surface area contributed by atoms with E-state index < -0.39 is 34.2 Å². The Labute approximate surface area is 271 Å². The first kappa shape index (κ1) is 34.1. The predicted molar refractivity (Wildman–Crippen MR) is 171 cm³/mol. The summed E-state index contributed by atoms with van der Waals surface area (Å²) in [6.45, 7) is 1.29. The lowest BCUT2D eigenvalue weighted by Gasteiger charge is -2.39. The molecular formula is C33H37F3N2O6S2. The van der Waals surface area contributed by atoms with Crippen molar-refractivity contribution >= 4 is 32.9 Å². The minimum atomic E-state index is -2.82. The van der Waals surface area contributed by atoms with Gasteiger partial charge in [-0.25, -0.2) is 21.5 Å². The van der Waals surface area contributed by atoms with Gasteiger partial charge in [0.2, 0.25) is 0 Å². The van der Waals surface area contributed by atoms with Crippen LogP contribution >= 0.6 is 0 Å². The lowest BCUT2D eigenvalue weighted by Crippen LogP contribution is -2.44. The van der Waals surface area contributed by atoms with Crippen LogP contribution in [0.1, 0.15) is 43.2 Å². The lowest BCUT2D eigenvalue weighted by atomic mass is 9.90. The summed E-state index contributed by atoms with van der Waals surface area (Å²) >= 11 is 0. The Bertz CT molecular complexity index is 1670. The van der Waals surface area contributed by atoms with Crippen molar-refractivity contribution in [3.63, 3.8) is 0 Å². The fourth-order valence-corrected chi connectivity index (χ4v) is 8.87. The molecule has 2 atom stereocenters. The number of halogens is 3. The molecule has 248 valence electrons. The molecule has 1 aromatic heterocycles. The van der Waals surface area contributed by atoms with Crippen LogP contribution in [0.4, 0.5) is 13.2 Å². The van der Waals surface area contributed by atoms with Crippen LogP contribution in [-0.2, 0) is 38.0 Å². The summed E-state index contributed by atoms with van der Waals surface area (Å²) in [5.41, 5.74) is 0.832. The van der Waals surface area contributed by atoms with Crippen molar-refractivity contribution in [2.75, 3.05) is 34.6 Å². The second kappa shape index (κ2) is 15.1. The molecule has 2 heterocycles. The molecule has 4 aromatic rings. The highest BCUT2D eigenvalue weighted by Crippen LogP contribution is 2.41. The van der Waals surface area contributed by atoms with Crippen molar-refractivity contribution in [2.24, 2.45) is 0 Å². The lowest BCUT2D eigenvalue weighted by molar-refractivity contribution is -0.181. The van der Waals surface area contributed by atoms with E-state index in [2.05, 4.69) is 0 Å². The highest BCUT2D eigenvalue weighted by molar-refractivity contribution is 7.84. The molecule has 1 aliphatic carbocycles. The summed E-state index contributed by atoms with van der Waals surface area (Å²) < 4.78 is 93.1. The number of aromatic nitrogens is 1. The summed E-state index contributed by atoms with van der Waals surface area (Å²) in [5, 5.41) is 0.145. The molecular weight excluding hydrogens is 641 g/mol.